The summed E-state index contributed by atoms with van der Waals surface area (Å²) in [6, 6.07) is 10.7. The van der Waals surface area contributed by atoms with Crippen LogP contribution >= 0.6 is 23.2 Å². The molecule has 0 spiro atoms. The number of nitrogens with one attached hydrogen (secondary N) is 1. The second-order valence-electron chi connectivity index (χ2n) is 3.94. The first-order valence-electron chi connectivity index (χ1n) is 5.54. The van der Waals surface area contributed by atoms with Crippen LogP contribution in [0.25, 0.3) is 0 Å². The molecule has 0 aliphatic heterocycles. The third kappa shape index (κ3) is 3.69. The van der Waals surface area contributed by atoms with E-state index in [0.717, 1.165) is 0 Å². The number of hydrogen-bond acceptors (Lipinski definition) is 1. The van der Waals surface area contributed by atoms with Gasteiger partial charge in [0.15, 0.2) is 0 Å². The molecule has 2 rings (SSSR count). The summed E-state index contributed by atoms with van der Waals surface area (Å²) in [4.78, 5) is 11.9. The molecule has 1 N–H and O–H groups in total. The highest BCUT2D eigenvalue weighted by Gasteiger charge is 2.07. The minimum atomic E-state index is -0.332. The van der Waals surface area contributed by atoms with Gasteiger partial charge in [0.25, 0.3) is 5.91 Å². The van der Waals surface area contributed by atoms with Crippen LogP contribution in [0.3, 0.4) is 0 Å². The number of rotatable bonds is 3. The van der Waals surface area contributed by atoms with Gasteiger partial charge in [-0.3, -0.25) is 4.79 Å². The first-order valence-corrected chi connectivity index (χ1v) is 6.29. The monoisotopic (exact) mass is 297 g/mol. The Morgan fingerprint density at radius 1 is 1.11 bits per heavy atom. The molecule has 5 heteroatoms. The van der Waals surface area contributed by atoms with E-state index in [1.807, 2.05) is 0 Å². The summed E-state index contributed by atoms with van der Waals surface area (Å²) in [5.41, 5.74) is 1.10. The van der Waals surface area contributed by atoms with Crippen molar-refractivity contribution in [2.75, 3.05) is 0 Å². The first kappa shape index (κ1) is 13.8. The molecule has 2 aromatic carbocycles. The minimum absolute atomic E-state index is 0.247. The highest BCUT2D eigenvalue weighted by atomic mass is 35.5. The molecular weight excluding hydrogens is 288 g/mol. The molecule has 0 bridgehead atoms. The summed E-state index contributed by atoms with van der Waals surface area (Å²) in [6.45, 7) is 0.247. The Balaban J connectivity index is 2.03. The van der Waals surface area contributed by atoms with Gasteiger partial charge in [-0.25, -0.2) is 4.39 Å². The average molecular weight is 298 g/mol. The van der Waals surface area contributed by atoms with Crippen molar-refractivity contribution in [3.05, 3.63) is 69.5 Å². The van der Waals surface area contributed by atoms with E-state index in [2.05, 4.69) is 5.32 Å². The van der Waals surface area contributed by atoms with Gasteiger partial charge in [0.05, 0.1) is 10.0 Å². The molecule has 19 heavy (non-hydrogen) atoms. The van der Waals surface area contributed by atoms with Crippen LogP contribution in [0.5, 0.6) is 0 Å². The van der Waals surface area contributed by atoms with Crippen molar-refractivity contribution >= 4 is 29.1 Å². The van der Waals surface area contributed by atoms with Crippen molar-refractivity contribution in [1.82, 2.24) is 5.32 Å². The normalized spacial score (nSPS) is 10.3. The van der Waals surface area contributed by atoms with Gasteiger partial charge >= 0.3 is 0 Å². The molecule has 0 saturated heterocycles. The molecule has 2 aromatic rings. The van der Waals surface area contributed by atoms with E-state index in [1.165, 1.54) is 18.2 Å². The predicted octanol–water partition coefficient (Wildman–Crippen LogP) is 4.06. The van der Waals surface area contributed by atoms with E-state index in [0.29, 0.717) is 21.2 Å². The summed E-state index contributed by atoms with van der Waals surface area (Å²) in [5, 5.41) is 3.39. The van der Waals surface area contributed by atoms with Crippen LogP contribution in [-0.2, 0) is 6.54 Å². The van der Waals surface area contributed by atoms with E-state index in [-0.39, 0.29) is 18.3 Å². The number of carbonyl (C=O) groups excluding carboxylic acids is 1. The van der Waals surface area contributed by atoms with E-state index >= 15 is 0 Å². The summed E-state index contributed by atoms with van der Waals surface area (Å²) >= 11 is 11.6. The average Bonchev–Trinajstić information content (AvgIpc) is 2.39. The molecule has 0 heterocycles. The van der Waals surface area contributed by atoms with Crippen LogP contribution in [-0.4, -0.2) is 5.91 Å². The fourth-order valence-electron chi connectivity index (χ4n) is 1.57. The lowest BCUT2D eigenvalue weighted by molar-refractivity contribution is 0.0951. The number of hydrogen-bond donors (Lipinski definition) is 1. The predicted molar refractivity (Wildman–Crippen MR) is 74.0 cm³/mol. The molecule has 1 amide bonds. The zero-order chi connectivity index (χ0) is 13.8. The fraction of sp³-hybridized carbons (Fsp3) is 0.0714. The standard InChI is InChI=1S/C14H10Cl2FNO/c15-12-5-4-10(7-13(12)16)14(19)18-8-9-2-1-3-11(17)6-9/h1-7H,8H2,(H,18,19). The maximum Gasteiger partial charge on any atom is 0.251 e. The van der Waals surface area contributed by atoms with Crippen molar-refractivity contribution in [1.29, 1.82) is 0 Å². The molecule has 0 radical (unpaired) electrons. The van der Waals surface area contributed by atoms with Crippen LogP contribution in [0.2, 0.25) is 10.0 Å². The Hall–Kier alpha value is -1.58. The van der Waals surface area contributed by atoms with Gasteiger partial charge in [0.2, 0.25) is 0 Å². The lowest BCUT2D eigenvalue weighted by atomic mass is 10.2. The molecule has 0 aliphatic carbocycles. The molecule has 0 saturated carbocycles. The molecule has 98 valence electrons. The molecule has 0 aliphatic rings. The molecule has 0 fully saturated rings. The number of amides is 1. The Morgan fingerprint density at radius 2 is 1.89 bits per heavy atom. The molecule has 0 atom stereocenters. The van der Waals surface area contributed by atoms with E-state index < -0.39 is 0 Å². The Labute approximate surface area is 120 Å². The van der Waals surface area contributed by atoms with Crippen molar-refractivity contribution in [2.24, 2.45) is 0 Å². The molecule has 0 unspecified atom stereocenters. The smallest absolute Gasteiger partial charge is 0.251 e. The van der Waals surface area contributed by atoms with Gasteiger partial charge in [-0.15, -0.1) is 0 Å². The van der Waals surface area contributed by atoms with Gasteiger partial charge in [0, 0.05) is 12.1 Å². The highest BCUT2D eigenvalue weighted by Crippen LogP contribution is 2.22. The first-order chi connectivity index (χ1) is 9.06. The summed E-state index contributed by atoms with van der Waals surface area (Å²) < 4.78 is 13.0. The maximum absolute atomic E-state index is 13.0. The Bertz CT molecular complexity index is 616. The zero-order valence-electron chi connectivity index (χ0n) is 9.79. The van der Waals surface area contributed by atoms with Gasteiger partial charge in [-0.05, 0) is 35.9 Å². The van der Waals surface area contributed by atoms with E-state index in [4.69, 9.17) is 23.2 Å². The van der Waals surface area contributed by atoms with Crippen LogP contribution in [0.1, 0.15) is 15.9 Å². The highest BCUT2D eigenvalue weighted by molar-refractivity contribution is 6.42. The van der Waals surface area contributed by atoms with E-state index in [9.17, 15) is 9.18 Å². The van der Waals surface area contributed by atoms with Crippen LogP contribution in [0.15, 0.2) is 42.5 Å². The lowest BCUT2D eigenvalue weighted by Gasteiger charge is -2.06. The van der Waals surface area contributed by atoms with Crippen LogP contribution in [0, 0.1) is 5.82 Å². The Kier molecular flexibility index (Phi) is 4.40. The van der Waals surface area contributed by atoms with Crippen LogP contribution in [0.4, 0.5) is 4.39 Å². The quantitative estimate of drug-likeness (QED) is 0.909. The second kappa shape index (κ2) is 6.04. The second-order valence-corrected chi connectivity index (χ2v) is 4.76. The lowest BCUT2D eigenvalue weighted by Crippen LogP contribution is -2.22. The summed E-state index contributed by atoms with van der Waals surface area (Å²) in [6.07, 6.45) is 0. The van der Waals surface area contributed by atoms with Crippen molar-refractivity contribution in [2.45, 2.75) is 6.54 Å². The largest absolute Gasteiger partial charge is 0.348 e. The fourth-order valence-corrected chi connectivity index (χ4v) is 1.87. The van der Waals surface area contributed by atoms with E-state index in [1.54, 1.807) is 24.3 Å². The number of halogens is 3. The summed E-state index contributed by atoms with van der Waals surface area (Å²) in [7, 11) is 0. The number of carbonyl (C=O) groups is 1. The maximum atomic E-state index is 13.0. The van der Waals surface area contributed by atoms with Gasteiger partial charge < -0.3 is 5.32 Å². The van der Waals surface area contributed by atoms with Gasteiger partial charge in [0.1, 0.15) is 5.82 Å². The third-order valence-corrected chi connectivity index (χ3v) is 3.26. The molecule has 2 nitrogen and oxygen atoms in total. The third-order valence-electron chi connectivity index (χ3n) is 2.52. The van der Waals surface area contributed by atoms with Gasteiger partial charge in [-0.1, -0.05) is 35.3 Å². The summed E-state index contributed by atoms with van der Waals surface area (Å²) in [5.74, 6) is -0.621. The van der Waals surface area contributed by atoms with Crippen molar-refractivity contribution < 1.29 is 9.18 Å². The zero-order valence-corrected chi connectivity index (χ0v) is 11.3. The topological polar surface area (TPSA) is 29.1 Å². The minimum Gasteiger partial charge on any atom is -0.348 e. The number of benzene rings is 2. The molecule has 0 aromatic heterocycles. The van der Waals surface area contributed by atoms with Crippen LogP contribution < -0.4 is 5.32 Å². The Morgan fingerprint density at radius 3 is 2.58 bits per heavy atom. The van der Waals surface area contributed by atoms with Gasteiger partial charge in [-0.2, -0.15) is 0 Å². The SMILES string of the molecule is O=C(NCc1cccc(F)c1)c1ccc(Cl)c(Cl)c1. The van der Waals surface area contributed by atoms with Crippen molar-refractivity contribution in [3.63, 3.8) is 0 Å². The molecular formula is C14H10Cl2FNO. The van der Waals surface area contributed by atoms with Crippen molar-refractivity contribution in [3.8, 4) is 0 Å².